The van der Waals surface area contributed by atoms with Gasteiger partial charge in [0, 0.05) is 24.5 Å². The molecule has 0 aromatic heterocycles. The highest BCUT2D eigenvalue weighted by atomic mass is 16.2. The summed E-state index contributed by atoms with van der Waals surface area (Å²) in [5, 5.41) is 3.37. The molecule has 1 saturated heterocycles. The van der Waals surface area contributed by atoms with Crippen molar-refractivity contribution in [1.82, 2.24) is 10.2 Å². The van der Waals surface area contributed by atoms with Crippen molar-refractivity contribution < 1.29 is 4.79 Å². The molecule has 96 valence electrons. The molecule has 2 rings (SSSR count). The molecule has 0 saturated carbocycles. The fourth-order valence-corrected chi connectivity index (χ4v) is 2.75. The second kappa shape index (κ2) is 5.21. The fraction of sp³-hybridized carbons (Fsp3) is 0.786. The second-order valence-electron chi connectivity index (χ2n) is 5.62. The van der Waals surface area contributed by atoms with Gasteiger partial charge in [-0.1, -0.05) is 12.2 Å². The Morgan fingerprint density at radius 2 is 2.06 bits per heavy atom. The van der Waals surface area contributed by atoms with Gasteiger partial charge in [0.25, 0.3) is 0 Å². The molecule has 1 heterocycles. The minimum absolute atomic E-state index is 0.225. The first kappa shape index (κ1) is 12.6. The summed E-state index contributed by atoms with van der Waals surface area (Å²) in [7, 11) is 2.02. The van der Waals surface area contributed by atoms with Crippen molar-refractivity contribution in [2.75, 3.05) is 20.1 Å². The number of hydrogen-bond donors (Lipinski definition) is 1. The Kier molecular flexibility index (Phi) is 3.87. The third kappa shape index (κ3) is 2.89. The number of allylic oxidation sites excluding steroid dienone is 2. The first-order valence-electron chi connectivity index (χ1n) is 6.77. The molecular formula is C14H24N2O. The predicted octanol–water partition coefficient (Wildman–Crippen LogP) is 1.94. The number of likely N-dealkylation sites (tertiary alicyclic amines) is 1. The number of carbonyl (C=O) groups excluding carboxylic acids is 1. The molecule has 1 aliphatic carbocycles. The van der Waals surface area contributed by atoms with E-state index in [9.17, 15) is 4.79 Å². The summed E-state index contributed by atoms with van der Waals surface area (Å²) < 4.78 is 0. The zero-order chi connectivity index (χ0) is 12.3. The first-order valence-corrected chi connectivity index (χ1v) is 6.77. The van der Waals surface area contributed by atoms with Crippen LogP contribution in [0.1, 0.15) is 39.0 Å². The van der Waals surface area contributed by atoms with Crippen LogP contribution in [0.15, 0.2) is 12.2 Å². The lowest BCUT2D eigenvalue weighted by Crippen LogP contribution is -2.52. The monoisotopic (exact) mass is 236 g/mol. The van der Waals surface area contributed by atoms with Gasteiger partial charge in [0.2, 0.25) is 5.91 Å². The quantitative estimate of drug-likeness (QED) is 0.743. The van der Waals surface area contributed by atoms with E-state index >= 15 is 0 Å². The largest absolute Gasteiger partial charge is 0.342 e. The standard InChI is InChI=1S/C14H24N2O/c1-14(15-2)8-10-16(11-9-14)13(17)12-6-4-3-5-7-12/h3-4,12,15H,5-11H2,1-2H3. The lowest BCUT2D eigenvalue weighted by Gasteiger charge is -2.40. The third-order valence-electron chi connectivity index (χ3n) is 4.40. The maximum atomic E-state index is 12.3. The minimum atomic E-state index is 0.225. The molecule has 0 spiro atoms. The molecule has 0 bridgehead atoms. The zero-order valence-electron chi connectivity index (χ0n) is 11.0. The smallest absolute Gasteiger partial charge is 0.226 e. The van der Waals surface area contributed by atoms with E-state index < -0.39 is 0 Å². The molecule has 0 aromatic carbocycles. The highest BCUT2D eigenvalue weighted by molar-refractivity contribution is 5.79. The summed E-state index contributed by atoms with van der Waals surface area (Å²) in [6.07, 6.45) is 9.54. The van der Waals surface area contributed by atoms with Gasteiger partial charge in [0.05, 0.1) is 0 Å². The number of nitrogens with one attached hydrogen (secondary N) is 1. The van der Waals surface area contributed by atoms with Crippen LogP contribution in [0.25, 0.3) is 0 Å². The number of amides is 1. The van der Waals surface area contributed by atoms with Gasteiger partial charge >= 0.3 is 0 Å². The lowest BCUT2D eigenvalue weighted by atomic mass is 9.87. The average molecular weight is 236 g/mol. The Labute approximate surface area is 104 Å². The van der Waals surface area contributed by atoms with Gasteiger partial charge in [-0.3, -0.25) is 4.79 Å². The van der Waals surface area contributed by atoms with Crippen LogP contribution in [0.3, 0.4) is 0 Å². The fourth-order valence-electron chi connectivity index (χ4n) is 2.75. The maximum Gasteiger partial charge on any atom is 0.226 e. The number of carbonyl (C=O) groups is 1. The number of piperidine rings is 1. The van der Waals surface area contributed by atoms with Crippen molar-refractivity contribution in [1.29, 1.82) is 0 Å². The van der Waals surface area contributed by atoms with E-state index in [0.29, 0.717) is 5.91 Å². The van der Waals surface area contributed by atoms with Crippen LogP contribution in [-0.2, 0) is 4.79 Å². The Bertz CT molecular complexity index is 303. The van der Waals surface area contributed by atoms with Crippen molar-refractivity contribution in [3.8, 4) is 0 Å². The van der Waals surface area contributed by atoms with Crippen LogP contribution in [0.4, 0.5) is 0 Å². The van der Waals surface area contributed by atoms with Gasteiger partial charge in [-0.15, -0.1) is 0 Å². The molecule has 0 radical (unpaired) electrons. The van der Waals surface area contributed by atoms with Crippen molar-refractivity contribution in [2.45, 2.75) is 44.6 Å². The summed E-state index contributed by atoms with van der Waals surface area (Å²) in [5.41, 5.74) is 0.225. The Morgan fingerprint density at radius 1 is 1.35 bits per heavy atom. The van der Waals surface area contributed by atoms with Crippen LogP contribution in [0.2, 0.25) is 0 Å². The Hall–Kier alpha value is -0.830. The van der Waals surface area contributed by atoms with Crippen LogP contribution in [0.5, 0.6) is 0 Å². The summed E-state index contributed by atoms with van der Waals surface area (Å²) in [5.74, 6) is 0.631. The van der Waals surface area contributed by atoms with E-state index in [-0.39, 0.29) is 11.5 Å². The molecule has 0 aromatic rings. The highest BCUT2D eigenvalue weighted by Crippen LogP contribution is 2.25. The van der Waals surface area contributed by atoms with E-state index in [1.165, 1.54) is 0 Å². The molecule has 1 unspecified atom stereocenters. The molecule has 1 fully saturated rings. The lowest BCUT2D eigenvalue weighted by molar-refractivity contribution is -0.137. The normalized spacial score (nSPS) is 28.1. The van der Waals surface area contributed by atoms with Crippen molar-refractivity contribution >= 4 is 5.91 Å². The van der Waals surface area contributed by atoms with Crippen LogP contribution < -0.4 is 5.32 Å². The number of hydrogen-bond acceptors (Lipinski definition) is 2. The average Bonchev–Trinajstić information content (AvgIpc) is 2.40. The van der Waals surface area contributed by atoms with E-state index in [1.807, 2.05) is 7.05 Å². The molecule has 1 aliphatic heterocycles. The Balaban J connectivity index is 1.88. The van der Waals surface area contributed by atoms with Gasteiger partial charge in [-0.25, -0.2) is 0 Å². The van der Waals surface area contributed by atoms with Gasteiger partial charge in [-0.2, -0.15) is 0 Å². The number of nitrogens with zero attached hydrogens (tertiary/aromatic N) is 1. The molecule has 1 amide bonds. The molecule has 3 heteroatoms. The SMILES string of the molecule is CNC1(C)CCN(C(=O)C2CC=CCC2)CC1. The van der Waals surface area contributed by atoms with Gasteiger partial charge in [-0.05, 0) is 46.1 Å². The van der Waals surface area contributed by atoms with Gasteiger partial charge in [0.1, 0.15) is 0 Å². The minimum Gasteiger partial charge on any atom is -0.342 e. The van der Waals surface area contributed by atoms with E-state index in [4.69, 9.17) is 0 Å². The van der Waals surface area contributed by atoms with Crippen LogP contribution in [0, 0.1) is 5.92 Å². The first-order chi connectivity index (χ1) is 8.14. The Morgan fingerprint density at radius 3 is 2.59 bits per heavy atom. The highest BCUT2D eigenvalue weighted by Gasteiger charge is 2.32. The van der Waals surface area contributed by atoms with E-state index in [2.05, 4.69) is 29.3 Å². The summed E-state index contributed by atoms with van der Waals surface area (Å²) in [6, 6.07) is 0. The van der Waals surface area contributed by atoms with Crippen LogP contribution >= 0.6 is 0 Å². The summed E-state index contributed by atoms with van der Waals surface area (Å²) in [4.78, 5) is 14.4. The predicted molar refractivity (Wildman–Crippen MR) is 69.8 cm³/mol. The van der Waals surface area contributed by atoms with Crippen molar-refractivity contribution in [3.63, 3.8) is 0 Å². The van der Waals surface area contributed by atoms with E-state index in [1.54, 1.807) is 0 Å². The molecule has 2 aliphatic rings. The van der Waals surface area contributed by atoms with Crippen LogP contribution in [-0.4, -0.2) is 36.5 Å². The number of rotatable bonds is 2. The second-order valence-corrected chi connectivity index (χ2v) is 5.62. The molecular weight excluding hydrogens is 212 g/mol. The summed E-state index contributed by atoms with van der Waals surface area (Å²) >= 11 is 0. The topological polar surface area (TPSA) is 32.3 Å². The third-order valence-corrected chi connectivity index (χ3v) is 4.40. The van der Waals surface area contributed by atoms with Gasteiger partial charge in [0.15, 0.2) is 0 Å². The molecule has 1 atom stereocenters. The molecule has 1 N–H and O–H groups in total. The molecule has 3 nitrogen and oxygen atoms in total. The summed E-state index contributed by atoms with van der Waals surface area (Å²) in [6.45, 7) is 4.07. The maximum absolute atomic E-state index is 12.3. The van der Waals surface area contributed by atoms with Crippen molar-refractivity contribution in [3.05, 3.63) is 12.2 Å². The zero-order valence-corrected chi connectivity index (χ0v) is 11.0. The van der Waals surface area contributed by atoms with Gasteiger partial charge < -0.3 is 10.2 Å². The molecule has 17 heavy (non-hydrogen) atoms. The van der Waals surface area contributed by atoms with Crippen molar-refractivity contribution in [2.24, 2.45) is 5.92 Å². The van der Waals surface area contributed by atoms with E-state index in [0.717, 1.165) is 45.2 Å².